The number of esters is 1. The van der Waals surface area contributed by atoms with E-state index in [2.05, 4.69) is 4.98 Å². The number of ketones is 2. The predicted octanol–water partition coefficient (Wildman–Crippen LogP) is 3.18. The molecule has 1 aromatic heterocycles. The Labute approximate surface area is 175 Å². The molecule has 0 spiro atoms. The van der Waals surface area contributed by atoms with Crippen molar-refractivity contribution in [2.24, 2.45) is 5.92 Å². The smallest absolute Gasteiger partial charge is 0.311 e. The summed E-state index contributed by atoms with van der Waals surface area (Å²) in [5, 5.41) is 0. The van der Waals surface area contributed by atoms with Crippen LogP contribution in [0, 0.1) is 19.8 Å². The quantitative estimate of drug-likeness (QED) is 0.559. The van der Waals surface area contributed by atoms with Crippen LogP contribution in [0.3, 0.4) is 0 Å². The molecule has 1 aromatic carbocycles. The third-order valence-corrected chi connectivity index (χ3v) is 5.54. The van der Waals surface area contributed by atoms with Crippen molar-refractivity contribution in [1.82, 2.24) is 4.98 Å². The summed E-state index contributed by atoms with van der Waals surface area (Å²) in [7, 11) is 0. The lowest BCUT2D eigenvalue weighted by molar-refractivity contribution is -0.147. The Morgan fingerprint density at radius 3 is 2.53 bits per heavy atom. The summed E-state index contributed by atoms with van der Waals surface area (Å²) in [6.45, 7) is 6.66. The predicted molar refractivity (Wildman–Crippen MR) is 112 cm³/mol. The van der Waals surface area contributed by atoms with E-state index in [1.54, 1.807) is 18.7 Å². The summed E-state index contributed by atoms with van der Waals surface area (Å²) in [5.74, 6) is -1.86. The zero-order valence-electron chi connectivity index (χ0n) is 17.7. The van der Waals surface area contributed by atoms with Crippen LogP contribution in [-0.4, -0.2) is 41.6 Å². The van der Waals surface area contributed by atoms with E-state index in [4.69, 9.17) is 4.74 Å². The second kappa shape index (κ2) is 8.65. The molecule has 30 heavy (non-hydrogen) atoms. The van der Waals surface area contributed by atoms with E-state index < -0.39 is 24.3 Å². The first-order valence-electron chi connectivity index (χ1n) is 10.0. The highest BCUT2D eigenvalue weighted by atomic mass is 16.5. The average Bonchev–Trinajstić information content (AvgIpc) is 3.25. The molecule has 0 bridgehead atoms. The average molecular weight is 410 g/mol. The molecule has 158 valence electrons. The van der Waals surface area contributed by atoms with Gasteiger partial charge in [0.05, 0.1) is 11.6 Å². The number of aryl methyl sites for hydroxylation is 2. The van der Waals surface area contributed by atoms with E-state index in [0.29, 0.717) is 16.8 Å². The number of nitrogens with one attached hydrogen (secondary N) is 1. The largest absolute Gasteiger partial charge is 0.457 e. The first-order chi connectivity index (χ1) is 14.2. The van der Waals surface area contributed by atoms with Gasteiger partial charge in [0.2, 0.25) is 11.7 Å². The van der Waals surface area contributed by atoms with Crippen molar-refractivity contribution >= 4 is 29.1 Å². The van der Waals surface area contributed by atoms with E-state index in [9.17, 15) is 19.2 Å². The summed E-state index contributed by atoms with van der Waals surface area (Å²) >= 11 is 0. The normalized spacial score (nSPS) is 16.1. The number of benzene rings is 1. The molecule has 7 heteroatoms. The van der Waals surface area contributed by atoms with E-state index in [1.807, 2.05) is 31.2 Å². The van der Waals surface area contributed by atoms with Crippen LogP contribution in [0.5, 0.6) is 0 Å². The van der Waals surface area contributed by atoms with E-state index in [1.165, 1.54) is 6.92 Å². The van der Waals surface area contributed by atoms with Gasteiger partial charge >= 0.3 is 5.97 Å². The molecular weight excluding hydrogens is 384 g/mol. The zero-order chi connectivity index (χ0) is 22.0. The highest BCUT2D eigenvalue weighted by Crippen LogP contribution is 2.29. The molecule has 0 radical (unpaired) electrons. The first-order valence-corrected chi connectivity index (χ1v) is 10.0. The van der Waals surface area contributed by atoms with Gasteiger partial charge in [0.15, 0.2) is 12.4 Å². The molecule has 0 aliphatic carbocycles. The number of aromatic amines is 1. The van der Waals surface area contributed by atoms with Crippen molar-refractivity contribution in [3.63, 3.8) is 0 Å². The fraction of sp³-hybridized carbons (Fsp3) is 0.391. The SMILES string of the molecule is CCc1ccccc1N1C[C@H](C(=O)OCC(=O)c2[nH]c(C)c(C(C)=O)c2C)CC1=O. The van der Waals surface area contributed by atoms with Crippen LogP contribution in [0.4, 0.5) is 5.69 Å². The van der Waals surface area contributed by atoms with Gasteiger partial charge in [0.1, 0.15) is 0 Å². The number of carbonyl (C=O) groups excluding carboxylic acids is 4. The molecule has 1 N–H and O–H groups in total. The lowest BCUT2D eigenvalue weighted by Crippen LogP contribution is -2.28. The third kappa shape index (κ3) is 4.06. The van der Waals surface area contributed by atoms with E-state index in [-0.39, 0.29) is 30.3 Å². The molecule has 1 atom stereocenters. The number of anilines is 1. The second-order valence-corrected chi connectivity index (χ2v) is 7.60. The monoisotopic (exact) mass is 410 g/mol. The number of para-hydroxylation sites is 1. The maximum atomic E-state index is 12.5. The van der Waals surface area contributed by atoms with E-state index in [0.717, 1.165) is 17.7 Å². The number of ether oxygens (including phenoxy) is 1. The molecule has 2 aromatic rings. The van der Waals surface area contributed by atoms with Gasteiger partial charge in [-0.3, -0.25) is 19.2 Å². The number of nitrogens with zero attached hydrogens (tertiary/aromatic N) is 1. The molecular formula is C23H26N2O5. The summed E-state index contributed by atoms with van der Waals surface area (Å²) in [6.07, 6.45) is 0.834. The van der Waals surface area contributed by atoms with Crippen molar-refractivity contribution < 1.29 is 23.9 Å². The van der Waals surface area contributed by atoms with Crippen molar-refractivity contribution in [2.75, 3.05) is 18.1 Å². The molecule has 2 heterocycles. The van der Waals surface area contributed by atoms with Gasteiger partial charge in [0.25, 0.3) is 0 Å². The van der Waals surface area contributed by atoms with Crippen LogP contribution in [-0.2, 0) is 20.7 Å². The lowest BCUT2D eigenvalue weighted by atomic mass is 10.1. The van der Waals surface area contributed by atoms with Crippen molar-refractivity contribution in [1.29, 1.82) is 0 Å². The molecule has 3 rings (SSSR count). The molecule has 0 unspecified atom stereocenters. The molecule has 1 saturated heterocycles. The minimum absolute atomic E-state index is 0.0557. The molecule has 7 nitrogen and oxygen atoms in total. The van der Waals surface area contributed by atoms with Gasteiger partial charge in [-0.15, -0.1) is 0 Å². The number of amides is 1. The summed E-state index contributed by atoms with van der Waals surface area (Å²) in [6, 6.07) is 7.62. The van der Waals surface area contributed by atoms with Gasteiger partial charge in [-0.05, 0) is 44.4 Å². The Bertz CT molecular complexity index is 1020. The number of carbonyl (C=O) groups is 4. The van der Waals surface area contributed by atoms with Gasteiger partial charge in [0, 0.05) is 29.9 Å². The van der Waals surface area contributed by atoms with Crippen molar-refractivity contribution in [3.05, 3.63) is 52.3 Å². The fourth-order valence-corrected chi connectivity index (χ4v) is 4.06. The van der Waals surface area contributed by atoms with Crippen LogP contribution in [0.2, 0.25) is 0 Å². The van der Waals surface area contributed by atoms with Gasteiger partial charge in [-0.1, -0.05) is 25.1 Å². The van der Waals surface area contributed by atoms with Gasteiger partial charge in [-0.25, -0.2) is 0 Å². The number of rotatable bonds is 7. The maximum absolute atomic E-state index is 12.5. The highest BCUT2D eigenvalue weighted by molar-refractivity contribution is 6.04. The topological polar surface area (TPSA) is 96.5 Å². The van der Waals surface area contributed by atoms with Crippen LogP contribution >= 0.6 is 0 Å². The minimum atomic E-state index is -0.616. The number of aromatic nitrogens is 1. The number of hydrogen-bond acceptors (Lipinski definition) is 5. The summed E-state index contributed by atoms with van der Waals surface area (Å²) in [4.78, 5) is 53.8. The Morgan fingerprint density at radius 2 is 1.90 bits per heavy atom. The summed E-state index contributed by atoms with van der Waals surface area (Å²) in [5.41, 5.74) is 3.77. The van der Waals surface area contributed by atoms with E-state index >= 15 is 0 Å². The van der Waals surface area contributed by atoms with Crippen LogP contribution in [0.25, 0.3) is 0 Å². The van der Waals surface area contributed by atoms with Crippen LogP contribution in [0.1, 0.15) is 57.9 Å². The number of H-pyrrole nitrogens is 1. The Hall–Kier alpha value is -3.22. The van der Waals surface area contributed by atoms with Crippen molar-refractivity contribution in [3.8, 4) is 0 Å². The zero-order valence-corrected chi connectivity index (χ0v) is 17.7. The Balaban J connectivity index is 1.65. The lowest BCUT2D eigenvalue weighted by Gasteiger charge is -2.19. The fourth-order valence-electron chi connectivity index (χ4n) is 4.06. The molecule has 0 saturated carbocycles. The molecule has 1 amide bonds. The Kier molecular flexibility index (Phi) is 6.20. The molecule has 1 aliphatic heterocycles. The molecule has 1 aliphatic rings. The second-order valence-electron chi connectivity index (χ2n) is 7.60. The summed E-state index contributed by atoms with van der Waals surface area (Å²) < 4.78 is 5.22. The minimum Gasteiger partial charge on any atom is -0.457 e. The van der Waals surface area contributed by atoms with Crippen molar-refractivity contribution in [2.45, 2.75) is 40.5 Å². The van der Waals surface area contributed by atoms with Gasteiger partial charge < -0.3 is 14.6 Å². The molecule has 1 fully saturated rings. The van der Waals surface area contributed by atoms with Crippen LogP contribution in [0.15, 0.2) is 24.3 Å². The van der Waals surface area contributed by atoms with Gasteiger partial charge in [-0.2, -0.15) is 0 Å². The van der Waals surface area contributed by atoms with Crippen LogP contribution < -0.4 is 4.90 Å². The number of Topliss-reactive ketones (excluding diaryl/α,β-unsaturated/α-hetero) is 2. The third-order valence-electron chi connectivity index (χ3n) is 5.54. The Morgan fingerprint density at radius 1 is 1.20 bits per heavy atom. The standard InChI is InChI=1S/C23H26N2O5/c1-5-16-8-6-7-9-18(16)25-11-17(10-20(25)28)23(29)30-12-19(27)22-13(2)21(15(4)26)14(3)24-22/h6-9,17,24H,5,10-12H2,1-4H3/t17-/m1/s1. The number of hydrogen-bond donors (Lipinski definition) is 1. The highest BCUT2D eigenvalue weighted by Gasteiger charge is 2.37. The maximum Gasteiger partial charge on any atom is 0.311 e. The first kappa shape index (κ1) is 21.5.